The number of nitrogens with one attached hydrogen (secondary N) is 2. The number of aromatic nitrogens is 5. The van der Waals surface area contributed by atoms with E-state index in [9.17, 15) is 18.0 Å². The van der Waals surface area contributed by atoms with E-state index in [-0.39, 0.29) is 12.5 Å². The van der Waals surface area contributed by atoms with Gasteiger partial charge in [-0.05, 0) is 17.7 Å². The lowest BCUT2D eigenvalue weighted by Gasteiger charge is -2.04. The molecule has 0 radical (unpaired) electrons. The summed E-state index contributed by atoms with van der Waals surface area (Å²) in [6.07, 6.45) is -3.28. The average molecular weight is 405 g/mol. The first-order valence-corrected chi connectivity index (χ1v) is 7.75. The minimum absolute atomic E-state index is 0.0864. The highest BCUT2D eigenvalue weighted by atomic mass is 35.5. The monoisotopic (exact) mass is 404 g/mol. The summed E-state index contributed by atoms with van der Waals surface area (Å²) in [6, 6.07) is 5.55. The molecule has 0 bridgehead atoms. The second-order valence-electron chi connectivity index (χ2n) is 5.12. The number of H-pyrrole nitrogens is 1. The molecule has 2 heterocycles. The van der Waals surface area contributed by atoms with Crippen LogP contribution in [-0.4, -0.2) is 30.9 Å². The van der Waals surface area contributed by atoms with E-state index >= 15 is 0 Å². The van der Waals surface area contributed by atoms with Gasteiger partial charge in [0.25, 0.3) is 5.91 Å². The molecule has 0 spiro atoms. The van der Waals surface area contributed by atoms with Crippen LogP contribution in [0.25, 0.3) is 0 Å². The van der Waals surface area contributed by atoms with Crippen LogP contribution in [0.4, 0.5) is 19.1 Å². The van der Waals surface area contributed by atoms with Gasteiger partial charge in [0.1, 0.15) is 12.0 Å². The highest BCUT2D eigenvalue weighted by molar-refractivity contribution is 6.35. The van der Waals surface area contributed by atoms with Gasteiger partial charge >= 0.3 is 6.18 Å². The summed E-state index contributed by atoms with van der Waals surface area (Å²) in [5.41, 5.74) is -0.839. The third kappa shape index (κ3) is 4.14. The van der Waals surface area contributed by atoms with Crippen molar-refractivity contribution in [1.82, 2.24) is 25.0 Å². The fourth-order valence-corrected chi connectivity index (χ4v) is 2.47. The van der Waals surface area contributed by atoms with E-state index in [4.69, 9.17) is 23.2 Å². The number of anilines is 1. The summed E-state index contributed by atoms with van der Waals surface area (Å²) >= 11 is 11.9. The van der Waals surface area contributed by atoms with E-state index in [1.165, 1.54) is 11.0 Å². The fraction of sp³-hybridized carbons (Fsp3) is 0.143. The number of alkyl halides is 3. The molecule has 2 N–H and O–H groups in total. The Labute approximate surface area is 154 Å². The molecule has 136 valence electrons. The largest absolute Gasteiger partial charge is 0.432 e. The van der Waals surface area contributed by atoms with Crippen molar-refractivity contribution < 1.29 is 18.0 Å². The predicted molar refractivity (Wildman–Crippen MR) is 87.1 cm³/mol. The van der Waals surface area contributed by atoms with Crippen LogP contribution in [0.5, 0.6) is 0 Å². The van der Waals surface area contributed by atoms with Crippen molar-refractivity contribution in [2.75, 3.05) is 5.32 Å². The summed E-state index contributed by atoms with van der Waals surface area (Å²) in [6.45, 7) is 0.263. The first-order valence-electron chi connectivity index (χ1n) is 7.00. The summed E-state index contributed by atoms with van der Waals surface area (Å²) < 4.78 is 38.9. The minimum atomic E-state index is -4.62. The summed E-state index contributed by atoms with van der Waals surface area (Å²) in [5, 5.41) is 12.3. The van der Waals surface area contributed by atoms with Crippen molar-refractivity contribution in [1.29, 1.82) is 0 Å². The highest BCUT2D eigenvalue weighted by Crippen LogP contribution is 2.27. The van der Waals surface area contributed by atoms with Gasteiger partial charge in [-0.2, -0.15) is 18.3 Å². The first-order chi connectivity index (χ1) is 12.2. The zero-order chi connectivity index (χ0) is 18.9. The Hall–Kier alpha value is -2.59. The lowest BCUT2D eigenvalue weighted by molar-refractivity contribution is -0.141. The molecule has 3 rings (SSSR count). The lowest BCUT2D eigenvalue weighted by Crippen LogP contribution is -2.14. The van der Waals surface area contributed by atoms with Crippen LogP contribution in [-0.2, 0) is 12.7 Å². The van der Waals surface area contributed by atoms with Crippen molar-refractivity contribution in [3.05, 3.63) is 57.6 Å². The van der Waals surface area contributed by atoms with Gasteiger partial charge in [-0.15, -0.1) is 5.10 Å². The van der Waals surface area contributed by atoms with Gasteiger partial charge in [0.05, 0.1) is 6.54 Å². The number of rotatable bonds is 4. The summed E-state index contributed by atoms with van der Waals surface area (Å²) in [7, 11) is 0. The van der Waals surface area contributed by atoms with Gasteiger partial charge in [-0.25, -0.2) is 9.67 Å². The van der Waals surface area contributed by atoms with E-state index < -0.39 is 23.5 Å². The lowest BCUT2D eigenvalue weighted by atomic mass is 10.2. The van der Waals surface area contributed by atoms with Crippen LogP contribution in [0.3, 0.4) is 0 Å². The molecule has 26 heavy (non-hydrogen) atoms. The first kappa shape index (κ1) is 18.2. The average Bonchev–Trinajstić information content (AvgIpc) is 3.19. The second-order valence-corrected chi connectivity index (χ2v) is 5.96. The quantitative estimate of drug-likeness (QED) is 0.694. The number of hydrogen-bond acceptors (Lipinski definition) is 4. The maximum atomic E-state index is 12.5. The third-order valence-electron chi connectivity index (χ3n) is 3.23. The number of halogens is 5. The molecule has 1 amide bonds. The third-order valence-corrected chi connectivity index (χ3v) is 3.81. The van der Waals surface area contributed by atoms with Gasteiger partial charge in [-0.3, -0.25) is 15.2 Å². The Kier molecular flexibility index (Phi) is 4.88. The number of carbonyl (C=O) groups is 1. The molecule has 7 nitrogen and oxygen atoms in total. The van der Waals surface area contributed by atoms with E-state index in [0.717, 1.165) is 5.56 Å². The normalized spacial score (nSPS) is 11.6. The fourth-order valence-electron chi connectivity index (χ4n) is 2.00. The molecule has 0 aliphatic carbocycles. The molecule has 0 unspecified atom stereocenters. The van der Waals surface area contributed by atoms with Crippen LogP contribution in [0.15, 0.2) is 30.6 Å². The van der Waals surface area contributed by atoms with Crippen LogP contribution >= 0.6 is 23.2 Å². The van der Waals surface area contributed by atoms with Crippen molar-refractivity contribution in [3.8, 4) is 0 Å². The molecule has 3 aromatic rings. The standard InChI is InChI=1S/C14H9Cl2F3N6O/c15-8-2-1-7(9(16)3-8)5-25-6-20-13(24-25)21-12(26)10-4-11(23-22-10)14(17,18)19/h1-4,6H,5H2,(H,22,23)(H,21,24,26). The molecule has 0 aliphatic heterocycles. The minimum Gasteiger partial charge on any atom is -0.288 e. The molecule has 0 fully saturated rings. The predicted octanol–water partition coefficient (Wildman–Crippen LogP) is 3.63. The SMILES string of the molecule is O=C(Nc1ncn(Cc2ccc(Cl)cc2Cl)n1)c1cc(C(F)(F)F)[nH]n1. The summed E-state index contributed by atoms with van der Waals surface area (Å²) in [4.78, 5) is 15.8. The Morgan fingerprint density at radius 1 is 1.27 bits per heavy atom. The Balaban J connectivity index is 1.68. The Bertz CT molecular complexity index is 952. The van der Waals surface area contributed by atoms with Gasteiger partial charge in [-0.1, -0.05) is 29.3 Å². The van der Waals surface area contributed by atoms with Crippen LogP contribution in [0, 0.1) is 0 Å². The van der Waals surface area contributed by atoms with Crippen LogP contribution in [0.1, 0.15) is 21.7 Å². The van der Waals surface area contributed by atoms with Gasteiger partial charge in [0.2, 0.25) is 5.95 Å². The number of benzene rings is 1. The number of aromatic amines is 1. The zero-order valence-electron chi connectivity index (χ0n) is 12.7. The van der Waals surface area contributed by atoms with Gasteiger partial charge in [0.15, 0.2) is 5.69 Å². The highest BCUT2D eigenvalue weighted by Gasteiger charge is 2.33. The second kappa shape index (κ2) is 6.96. The molecule has 0 atom stereocenters. The number of carbonyl (C=O) groups excluding carboxylic acids is 1. The Morgan fingerprint density at radius 3 is 2.69 bits per heavy atom. The zero-order valence-corrected chi connectivity index (χ0v) is 14.2. The topological polar surface area (TPSA) is 88.5 Å². The molecule has 12 heteroatoms. The van der Waals surface area contributed by atoms with Crippen molar-refractivity contribution in [3.63, 3.8) is 0 Å². The smallest absolute Gasteiger partial charge is 0.288 e. The number of hydrogen-bond donors (Lipinski definition) is 2. The number of amides is 1. The molecule has 0 saturated heterocycles. The maximum Gasteiger partial charge on any atom is 0.432 e. The molecule has 1 aromatic carbocycles. The van der Waals surface area contributed by atoms with E-state index in [2.05, 4.69) is 20.5 Å². The van der Waals surface area contributed by atoms with Crippen LogP contribution < -0.4 is 5.32 Å². The Morgan fingerprint density at radius 2 is 2.04 bits per heavy atom. The van der Waals surface area contributed by atoms with Crippen molar-refractivity contribution >= 4 is 35.1 Å². The van der Waals surface area contributed by atoms with Crippen molar-refractivity contribution in [2.24, 2.45) is 0 Å². The van der Waals surface area contributed by atoms with Crippen LogP contribution in [0.2, 0.25) is 10.0 Å². The van der Waals surface area contributed by atoms with E-state index in [1.807, 2.05) is 0 Å². The molecular weight excluding hydrogens is 396 g/mol. The van der Waals surface area contributed by atoms with Gasteiger partial charge < -0.3 is 0 Å². The maximum absolute atomic E-state index is 12.5. The van der Waals surface area contributed by atoms with E-state index in [1.54, 1.807) is 23.3 Å². The molecular formula is C14H9Cl2F3N6O. The molecule has 0 saturated carbocycles. The van der Waals surface area contributed by atoms with Crippen molar-refractivity contribution in [2.45, 2.75) is 12.7 Å². The van der Waals surface area contributed by atoms with E-state index in [0.29, 0.717) is 16.1 Å². The van der Waals surface area contributed by atoms with Gasteiger partial charge in [0, 0.05) is 16.1 Å². The number of nitrogens with zero attached hydrogens (tertiary/aromatic N) is 4. The molecule has 2 aromatic heterocycles. The molecule has 0 aliphatic rings. The summed E-state index contributed by atoms with van der Waals surface area (Å²) in [5.74, 6) is -0.962.